The molecule has 0 spiro atoms. The molecule has 112 valence electrons. The molecule has 0 radical (unpaired) electrons. The molecule has 0 aliphatic heterocycles. The average Bonchev–Trinajstić information content (AvgIpc) is 2.75. The first kappa shape index (κ1) is 15.4. The Morgan fingerprint density at radius 1 is 1.25 bits per heavy atom. The number of sulfonamides is 1. The Morgan fingerprint density at radius 3 is 2.20 bits per heavy atom. The van der Waals surface area contributed by atoms with Crippen LogP contribution in [-0.2, 0) is 10.0 Å². The highest BCUT2D eigenvalue weighted by Gasteiger charge is 2.37. The van der Waals surface area contributed by atoms with Crippen molar-refractivity contribution in [2.75, 3.05) is 6.54 Å². The summed E-state index contributed by atoms with van der Waals surface area (Å²) in [6.45, 7) is 3.49. The molecule has 0 unspecified atom stereocenters. The van der Waals surface area contributed by atoms with E-state index in [1.54, 1.807) is 13.8 Å². The second-order valence-corrected chi connectivity index (χ2v) is 7.29. The number of aryl methyl sites for hydroxylation is 2. The summed E-state index contributed by atoms with van der Waals surface area (Å²) in [4.78, 5) is 0.165. The summed E-state index contributed by atoms with van der Waals surface area (Å²) >= 11 is 0. The Balaban J connectivity index is 2.41. The van der Waals surface area contributed by atoms with Crippen molar-refractivity contribution in [3.63, 3.8) is 0 Å². The monoisotopic (exact) mass is 300 g/mol. The second kappa shape index (κ2) is 5.42. The van der Waals surface area contributed by atoms with Crippen molar-refractivity contribution in [2.45, 2.75) is 50.0 Å². The molecule has 0 amide bonds. The van der Waals surface area contributed by atoms with Crippen LogP contribution in [0.3, 0.4) is 0 Å². The van der Waals surface area contributed by atoms with Gasteiger partial charge >= 0.3 is 0 Å². The van der Waals surface area contributed by atoms with Gasteiger partial charge in [-0.3, -0.25) is 0 Å². The maximum Gasteiger partial charge on any atom is 0.241 e. The van der Waals surface area contributed by atoms with Gasteiger partial charge in [-0.25, -0.2) is 17.5 Å². The molecule has 0 atom stereocenters. The summed E-state index contributed by atoms with van der Waals surface area (Å²) in [6, 6.07) is 2.48. The van der Waals surface area contributed by atoms with E-state index in [1.807, 2.05) is 0 Å². The van der Waals surface area contributed by atoms with Gasteiger partial charge in [-0.2, -0.15) is 0 Å². The lowest BCUT2D eigenvalue weighted by atomic mass is 10.0. The topological polar surface area (TPSA) is 72.2 Å². The highest BCUT2D eigenvalue weighted by Crippen LogP contribution is 2.31. The number of nitrogens with two attached hydrogens (primary N) is 1. The zero-order chi connectivity index (χ0) is 15.0. The summed E-state index contributed by atoms with van der Waals surface area (Å²) in [7, 11) is -3.69. The Kier molecular flexibility index (Phi) is 4.18. The molecule has 6 heteroatoms. The van der Waals surface area contributed by atoms with Gasteiger partial charge in [-0.05, 0) is 49.9 Å². The van der Waals surface area contributed by atoms with Crippen LogP contribution < -0.4 is 10.5 Å². The van der Waals surface area contributed by atoms with Gasteiger partial charge in [-0.1, -0.05) is 12.8 Å². The Labute approximate surface area is 119 Å². The van der Waals surface area contributed by atoms with Crippen molar-refractivity contribution < 1.29 is 12.8 Å². The number of hydrogen-bond donors (Lipinski definition) is 2. The van der Waals surface area contributed by atoms with E-state index in [1.165, 1.54) is 12.1 Å². The summed E-state index contributed by atoms with van der Waals surface area (Å²) < 4.78 is 41.3. The maximum atomic E-state index is 13.3. The maximum absolute atomic E-state index is 13.3. The fourth-order valence-electron chi connectivity index (χ4n) is 3.06. The molecule has 1 aliphatic rings. The predicted molar refractivity (Wildman–Crippen MR) is 76.4 cm³/mol. The second-order valence-electron chi connectivity index (χ2n) is 5.67. The third-order valence-corrected chi connectivity index (χ3v) is 5.88. The van der Waals surface area contributed by atoms with Gasteiger partial charge in [0.25, 0.3) is 0 Å². The van der Waals surface area contributed by atoms with Crippen LogP contribution in [0.2, 0.25) is 0 Å². The Morgan fingerprint density at radius 2 is 1.75 bits per heavy atom. The van der Waals surface area contributed by atoms with Crippen molar-refractivity contribution in [3.8, 4) is 0 Å². The van der Waals surface area contributed by atoms with E-state index in [9.17, 15) is 12.8 Å². The summed E-state index contributed by atoms with van der Waals surface area (Å²) in [5, 5.41) is 0. The van der Waals surface area contributed by atoms with Gasteiger partial charge in [-0.15, -0.1) is 0 Å². The van der Waals surface area contributed by atoms with Gasteiger partial charge in [0.05, 0.1) is 4.90 Å². The van der Waals surface area contributed by atoms with Crippen LogP contribution in [-0.4, -0.2) is 20.5 Å². The first-order valence-electron chi connectivity index (χ1n) is 6.80. The van der Waals surface area contributed by atoms with E-state index in [4.69, 9.17) is 5.73 Å². The zero-order valence-electron chi connectivity index (χ0n) is 11.9. The summed E-state index contributed by atoms with van der Waals surface area (Å²) in [5.74, 6) is -0.423. The molecule has 2 rings (SSSR count). The van der Waals surface area contributed by atoms with E-state index < -0.39 is 21.4 Å². The molecule has 4 nitrogen and oxygen atoms in total. The number of benzene rings is 1. The SMILES string of the molecule is Cc1cc(F)cc(C)c1S(=O)(=O)NC1(CN)CCCC1. The third-order valence-electron chi connectivity index (χ3n) is 4.00. The van der Waals surface area contributed by atoms with E-state index in [0.29, 0.717) is 11.1 Å². The van der Waals surface area contributed by atoms with Gasteiger partial charge < -0.3 is 5.73 Å². The minimum absolute atomic E-state index is 0.165. The van der Waals surface area contributed by atoms with Crippen LogP contribution in [0.4, 0.5) is 4.39 Å². The summed E-state index contributed by atoms with van der Waals surface area (Å²) in [5.41, 5.74) is 6.05. The Bertz CT molecular complexity index is 585. The number of halogens is 1. The molecule has 1 fully saturated rings. The fourth-order valence-corrected chi connectivity index (χ4v) is 4.98. The van der Waals surface area contributed by atoms with Crippen LogP contribution in [0.15, 0.2) is 17.0 Å². The molecule has 0 bridgehead atoms. The highest BCUT2D eigenvalue weighted by atomic mass is 32.2. The first-order valence-corrected chi connectivity index (χ1v) is 8.29. The molecular weight excluding hydrogens is 279 g/mol. The molecule has 1 saturated carbocycles. The van der Waals surface area contributed by atoms with Gasteiger partial charge in [0.2, 0.25) is 10.0 Å². The largest absolute Gasteiger partial charge is 0.329 e. The molecule has 0 aromatic heterocycles. The lowest BCUT2D eigenvalue weighted by molar-refractivity contribution is 0.399. The van der Waals surface area contributed by atoms with Crippen LogP contribution in [0.25, 0.3) is 0 Å². The van der Waals surface area contributed by atoms with Crippen molar-refractivity contribution in [3.05, 3.63) is 29.1 Å². The van der Waals surface area contributed by atoms with Crippen LogP contribution >= 0.6 is 0 Å². The van der Waals surface area contributed by atoms with E-state index in [2.05, 4.69) is 4.72 Å². The summed E-state index contributed by atoms with van der Waals surface area (Å²) in [6.07, 6.45) is 3.45. The number of nitrogens with one attached hydrogen (secondary N) is 1. The van der Waals surface area contributed by atoms with Crippen molar-refractivity contribution in [1.82, 2.24) is 4.72 Å². The minimum atomic E-state index is -3.69. The average molecular weight is 300 g/mol. The van der Waals surface area contributed by atoms with Crippen molar-refractivity contribution >= 4 is 10.0 Å². The smallest absolute Gasteiger partial charge is 0.241 e. The van der Waals surface area contributed by atoms with E-state index in [-0.39, 0.29) is 11.4 Å². The van der Waals surface area contributed by atoms with E-state index in [0.717, 1.165) is 25.7 Å². The predicted octanol–water partition coefficient (Wildman–Crippen LogP) is 1.99. The molecule has 1 aromatic carbocycles. The number of hydrogen-bond acceptors (Lipinski definition) is 3. The van der Waals surface area contributed by atoms with Crippen LogP contribution in [0, 0.1) is 19.7 Å². The molecule has 20 heavy (non-hydrogen) atoms. The standard InChI is InChI=1S/C14H21FN2O2S/c1-10-7-12(15)8-11(2)13(10)20(18,19)17-14(9-16)5-3-4-6-14/h7-8,17H,3-6,9,16H2,1-2H3. The molecule has 0 heterocycles. The molecular formula is C14H21FN2O2S. The van der Waals surface area contributed by atoms with Crippen molar-refractivity contribution in [1.29, 1.82) is 0 Å². The van der Waals surface area contributed by atoms with E-state index >= 15 is 0 Å². The quantitative estimate of drug-likeness (QED) is 0.893. The lowest BCUT2D eigenvalue weighted by Crippen LogP contribution is -2.51. The minimum Gasteiger partial charge on any atom is -0.329 e. The van der Waals surface area contributed by atoms with Crippen molar-refractivity contribution in [2.24, 2.45) is 5.73 Å². The zero-order valence-corrected chi connectivity index (χ0v) is 12.7. The molecule has 3 N–H and O–H groups in total. The fraction of sp³-hybridized carbons (Fsp3) is 0.571. The van der Waals surface area contributed by atoms with Gasteiger partial charge in [0.1, 0.15) is 5.82 Å². The highest BCUT2D eigenvalue weighted by molar-refractivity contribution is 7.89. The normalized spacial score (nSPS) is 18.4. The molecule has 0 saturated heterocycles. The first-order chi connectivity index (χ1) is 9.30. The molecule has 1 aliphatic carbocycles. The van der Waals surface area contributed by atoms with Crippen LogP contribution in [0.5, 0.6) is 0 Å². The third kappa shape index (κ3) is 2.87. The molecule has 1 aromatic rings. The van der Waals surface area contributed by atoms with Gasteiger partial charge in [0.15, 0.2) is 0 Å². The van der Waals surface area contributed by atoms with Crippen LogP contribution in [0.1, 0.15) is 36.8 Å². The van der Waals surface area contributed by atoms with Gasteiger partial charge in [0, 0.05) is 12.1 Å². The lowest BCUT2D eigenvalue weighted by Gasteiger charge is -2.29. The Hall–Kier alpha value is -0.980. The number of rotatable bonds is 4.